The second-order valence-corrected chi connectivity index (χ2v) is 16.5. The number of ether oxygens (including phenoxy) is 2. The van der Waals surface area contributed by atoms with Gasteiger partial charge in [-0.2, -0.15) is 0 Å². The van der Waals surface area contributed by atoms with Crippen molar-refractivity contribution >= 4 is 25.7 Å². The number of hydrogen-bond acceptors (Lipinski definition) is 10. The van der Waals surface area contributed by atoms with Crippen LogP contribution >= 0.6 is 7.82 Å². The summed E-state index contributed by atoms with van der Waals surface area (Å²) < 4.78 is 32.7. The van der Waals surface area contributed by atoms with Crippen LogP contribution in [-0.4, -0.2) is 71.1 Å². The molecule has 0 aromatic carbocycles. The molecular weight excluding hydrogens is 749 g/mol. The molecule has 0 bridgehead atoms. The molecule has 13 heteroatoms. The van der Waals surface area contributed by atoms with E-state index in [4.69, 9.17) is 24.8 Å². The number of aliphatic carboxylic acids is 1. The Morgan fingerprint density at radius 3 is 1.65 bits per heavy atom. The molecule has 332 valence electrons. The highest BCUT2D eigenvalue weighted by molar-refractivity contribution is 7.47. The number of carbonyl (C=O) groups excluding carboxylic acids is 2. The van der Waals surface area contributed by atoms with Gasteiger partial charge < -0.3 is 30.3 Å². The van der Waals surface area contributed by atoms with Gasteiger partial charge in [0.1, 0.15) is 12.6 Å². The fourth-order valence-corrected chi connectivity index (χ4v) is 6.76. The molecule has 4 atom stereocenters. The summed E-state index contributed by atoms with van der Waals surface area (Å²) in [5.74, 6) is -2.44. The van der Waals surface area contributed by atoms with Gasteiger partial charge in [-0.05, 0) is 38.5 Å². The number of aliphatic hydroxyl groups is 1. The molecular formula is C44H80NO11P. The van der Waals surface area contributed by atoms with Crippen LogP contribution in [0.5, 0.6) is 0 Å². The number of hydrogen-bond donors (Lipinski definition) is 4. The first-order valence-corrected chi connectivity index (χ1v) is 23.6. The summed E-state index contributed by atoms with van der Waals surface area (Å²) in [6.07, 6.45) is 38.2. The standard InChI is InChI=1S/C44H80NO11P/c1-3-5-7-8-9-10-11-12-13-14-15-16-17-20-24-27-31-35-43(48)56-40(37-54-57(51,52)55-38-41(45)44(49)50)36-53-42(47)34-30-26-23-21-18-19-22-25-29-33-39(46)32-28-6-4-2/h6,22,25,28-29,33,39-41,46H,3-5,7-21,23-24,26-27,30-32,34-38,45H2,1-2H3,(H,49,50)(H,51,52)/b25-22+,28-6+,33-29+/t39?,40-,41+/m1/s1. The molecule has 0 rings (SSSR count). The minimum Gasteiger partial charge on any atom is -0.480 e. The molecule has 0 aliphatic rings. The van der Waals surface area contributed by atoms with Crippen molar-refractivity contribution in [1.29, 1.82) is 0 Å². The second-order valence-electron chi connectivity index (χ2n) is 15.0. The minimum atomic E-state index is -4.73. The predicted molar refractivity (Wildman–Crippen MR) is 228 cm³/mol. The van der Waals surface area contributed by atoms with Gasteiger partial charge in [0.25, 0.3) is 0 Å². The van der Waals surface area contributed by atoms with E-state index in [9.17, 15) is 28.9 Å². The Hall–Kier alpha value is -2.34. The van der Waals surface area contributed by atoms with Crippen LogP contribution in [0.25, 0.3) is 0 Å². The predicted octanol–water partition coefficient (Wildman–Crippen LogP) is 10.6. The van der Waals surface area contributed by atoms with Crippen molar-refractivity contribution in [1.82, 2.24) is 0 Å². The molecule has 0 aliphatic heterocycles. The molecule has 0 aliphatic carbocycles. The molecule has 0 aromatic heterocycles. The number of phosphoric acid groups is 1. The third-order valence-electron chi connectivity index (χ3n) is 9.48. The van der Waals surface area contributed by atoms with Crippen LogP contribution in [0.3, 0.4) is 0 Å². The van der Waals surface area contributed by atoms with E-state index < -0.39 is 57.2 Å². The highest BCUT2D eigenvalue weighted by Gasteiger charge is 2.28. The van der Waals surface area contributed by atoms with E-state index >= 15 is 0 Å². The van der Waals surface area contributed by atoms with Crippen molar-refractivity contribution in [3.63, 3.8) is 0 Å². The zero-order chi connectivity index (χ0) is 42.2. The summed E-state index contributed by atoms with van der Waals surface area (Å²) in [5.41, 5.74) is 5.33. The fraction of sp³-hybridized carbons (Fsp3) is 0.795. The molecule has 0 radical (unpaired) electrons. The van der Waals surface area contributed by atoms with Gasteiger partial charge in [0.15, 0.2) is 6.10 Å². The Kier molecular flexibility index (Phi) is 37.5. The fourth-order valence-electron chi connectivity index (χ4n) is 5.98. The van der Waals surface area contributed by atoms with Gasteiger partial charge in [-0.25, -0.2) is 4.57 Å². The molecule has 0 fully saturated rings. The lowest BCUT2D eigenvalue weighted by Gasteiger charge is -2.20. The Morgan fingerprint density at radius 2 is 1.12 bits per heavy atom. The second kappa shape index (κ2) is 39.1. The lowest BCUT2D eigenvalue weighted by atomic mass is 10.0. The third kappa shape index (κ3) is 38.9. The molecule has 57 heavy (non-hydrogen) atoms. The van der Waals surface area contributed by atoms with Gasteiger partial charge in [-0.3, -0.25) is 23.4 Å². The highest BCUT2D eigenvalue weighted by Crippen LogP contribution is 2.43. The molecule has 2 unspecified atom stereocenters. The topological polar surface area (TPSA) is 192 Å². The van der Waals surface area contributed by atoms with E-state index in [1.165, 1.54) is 83.5 Å². The largest absolute Gasteiger partial charge is 0.480 e. The maximum absolute atomic E-state index is 12.6. The number of esters is 2. The van der Waals surface area contributed by atoms with E-state index in [0.717, 1.165) is 57.8 Å². The zero-order valence-electron chi connectivity index (χ0n) is 35.5. The van der Waals surface area contributed by atoms with Gasteiger partial charge in [0.05, 0.1) is 19.3 Å². The number of carboxylic acids is 1. The van der Waals surface area contributed by atoms with Gasteiger partial charge in [0, 0.05) is 12.8 Å². The summed E-state index contributed by atoms with van der Waals surface area (Å²) >= 11 is 0. The van der Waals surface area contributed by atoms with E-state index in [-0.39, 0.29) is 19.4 Å². The van der Waals surface area contributed by atoms with Crippen molar-refractivity contribution < 1.29 is 52.6 Å². The van der Waals surface area contributed by atoms with Gasteiger partial charge in [0.2, 0.25) is 0 Å². The quantitative estimate of drug-likeness (QED) is 0.0150. The number of carbonyl (C=O) groups is 3. The summed E-state index contributed by atoms with van der Waals surface area (Å²) in [4.78, 5) is 46.0. The highest BCUT2D eigenvalue weighted by atomic mass is 31.2. The van der Waals surface area contributed by atoms with Crippen molar-refractivity contribution in [2.24, 2.45) is 5.73 Å². The molecule has 0 saturated heterocycles. The summed E-state index contributed by atoms with van der Waals surface area (Å²) in [7, 11) is -4.73. The molecule has 0 heterocycles. The number of nitrogens with two attached hydrogens (primary N) is 1. The molecule has 0 spiro atoms. The Bertz CT molecular complexity index is 1130. The number of phosphoric ester groups is 1. The third-order valence-corrected chi connectivity index (χ3v) is 10.4. The van der Waals surface area contributed by atoms with Crippen molar-refractivity contribution in [3.05, 3.63) is 36.5 Å². The molecule has 0 amide bonds. The van der Waals surface area contributed by atoms with Gasteiger partial charge in [-0.1, -0.05) is 172 Å². The summed E-state index contributed by atoms with van der Waals surface area (Å²) in [6, 6.07) is -1.53. The SMILES string of the molecule is CC/C=C/CC(O)/C=C/C=C/CCCCCCCC(=O)OC[C@H](COP(=O)(O)OC[C@H](N)C(=O)O)OC(=O)CCCCCCCCCCCCCCCCCCC. The number of carboxylic acid groups (broad SMARTS) is 1. The van der Waals surface area contributed by atoms with Crippen LogP contribution in [0.15, 0.2) is 36.5 Å². The lowest BCUT2D eigenvalue weighted by Crippen LogP contribution is -2.34. The molecule has 5 N–H and O–H groups in total. The lowest BCUT2D eigenvalue weighted by molar-refractivity contribution is -0.161. The van der Waals surface area contributed by atoms with Crippen molar-refractivity contribution in [2.75, 3.05) is 19.8 Å². The van der Waals surface area contributed by atoms with Gasteiger partial charge >= 0.3 is 25.7 Å². The van der Waals surface area contributed by atoms with E-state index in [0.29, 0.717) is 19.3 Å². The maximum Gasteiger partial charge on any atom is 0.472 e. The van der Waals surface area contributed by atoms with Crippen LogP contribution in [-0.2, 0) is 37.5 Å². The molecule has 0 saturated carbocycles. The zero-order valence-corrected chi connectivity index (χ0v) is 36.4. The minimum absolute atomic E-state index is 0.149. The van der Waals surface area contributed by atoms with E-state index in [1.54, 1.807) is 6.08 Å². The normalized spacial score (nSPS) is 14.6. The number of unbranched alkanes of at least 4 members (excludes halogenated alkanes) is 21. The maximum atomic E-state index is 12.6. The van der Waals surface area contributed by atoms with E-state index in [1.807, 2.05) is 24.3 Å². The number of aliphatic hydroxyl groups excluding tert-OH is 1. The average molecular weight is 830 g/mol. The van der Waals surface area contributed by atoms with Crippen LogP contribution in [0.2, 0.25) is 0 Å². The first-order chi connectivity index (χ1) is 27.5. The van der Waals surface area contributed by atoms with Crippen LogP contribution < -0.4 is 5.73 Å². The van der Waals surface area contributed by atoms with Crippen molar-refractivity contribution in [3.8, 4) is 0 Å². The molecule has 12 nitrogen and oxygen atoms in total. The Morgan fingerprint density at radius 1 is 0.632 bits per heavy atom. The van der Waals surface area contributed by atoms with Gasteiger partial charge in [-0.15, -0.1) is 0 Å². The van der Waals surface area contributed by atoms with E-state index in [2.05, 4.69) is 24.4 Å². The summed E-state index contributed by atoms with van der Waals surface area (Å²) in [5, 5.41) is 18.8. The Labute approximate surface area is 345 Å². The first kappa shape index (κ1) is 54.7. The Balaban J connectivity index is 4.39. The number of rotatable bonds is 41. The number of allylic oxidation sites excluding steroid dienone is 4. The van der Waals surface area contributed by atoms with Crippen LogP contribution in [0.1, 0.15) is 187 Å². The van der Waals surface area contributed by atoms with Crippen LogP contribution in [0.4, 0.5) is 0 Å². The monoisotopic (exact) mass is 830 g/mol. The summed E-state index contributed by atoms with van der Waals surface area (Å²) in [6.45, 7) is 2.57. The smallest absolute Gasteiger partial charge is 0.472 e. The van der Waals surface area contributed by atoms with Crippen molar-refractivity contribution in [2.45, 2.75) is 205 Å². The first-order valence-electron chi connectivity index (χ1n) is 22.1. The van der Waals surface area contributed by atoms with Crippen LogP contribution in [0, 0.1) is 0 Å². The average Bonchev–Trinajstić information content (AvgIpc) is 3.18. The molecule has 0 aromatic rings.